The van der Waals surface area contributed by atoms with Crippen molar-refractivity contribution in [2.75, 3.05) is 20.3 Å². The maximum Gasteiger partial charge on any atom is 0.0477 e. The minimum absolute atomic E-state index is 0.778. The zero-order valence-corrected chi connectivity index (χ0v) is 4.61. The molecule has 0 radical (unpaired) electrons. The zero-order chi connectivity index (χ0) is 5.11. The molecule has 1 aliphatic rings. The second-order valence-corrected chi connectivity index (χ2v) is 1.89. The third kappa shape index (κ3) is 1.90. The van der Waals surface area contributed by atoms with E-state index in [1.165, 1.54) is 13.0 Å². The minimum atomic E-state index is 0.778. The summed E-state index contributed by atoms with van der Waals surface area (Å²) in [6.45, 7) is 2.10. The van der Waals surface area contributed by atoms with Gasteiger partial charge in [-0.2, -0.15) is 0 Å². The van der Waals surface area contributed by atoms with Crippen molar-refractivity contribution in [1.29, 1.82) is 0 Å². The van der Waals surface area contributed by atoms with Crippen molar-refractivity contribution in [3.63, 3.8) is 0 Å². The lowest BCUT2D eigenvalue weighted by Crippen LogP contribution is -1.96. The van der Waals surface area contributed by atoms with Gasteiger partial charge in [-0.1, -0.05) is 0 Å². The molecule has 1 fully saturated rings. The molecule has 0 aliphatic carbocycles. The van der Waals surface area contributed by atoms with Gasteiger partial charge in [0, 0.05) is 26.3 Å². The Morgan fingerprint density at radius 2 is 2.57 bits per heavy atom. The van der Waals surface area contributed by atoms with Gasteiger partial charge in [0.2, 0.25) is 0 Å². The first-order valence-electron chi connectivity index (χ1n) is 2.66. The van der Waals surface area contributed by atoms with Gasteiger partial charge in [-0.3, -0.25) is 0 Å². The van der Waals surface area contributed by atoms with Crippen LogP contribution in [0.3, 0.4) is 0 Å². The molecule has 1 unspecified atom stereocenters. The van der Waals surface area contributed by atoms with Crippen molar-refractivity contribution < 1.29 is 4.74 Å². The van der Waals surface area contributed by atoms with Gasteiger partial charge in [0.05, 0.1) is 0 Å². The fourth-order valence-corrected chi connectivity index (χ4v) is 0.548. The Morgan fingerprint density at radius 3 is 3.00 bits per heavy atom. The standard InChI is InChI=1S/C5H11NO/c1-7-3-2-5-4-6-5/h5-6H,2-4H2,1H3. The molecule has 0 aromatic heterocycles. The lowest BCUT2D eigenvalue weighted by atomic mass is 10.3. The number of hydrogen-bond donors (Lipinski definition) is 1. The van der Waals surface area contributed by atoms with E-state index in [2.05, 4.69) is 5.32 Å². The van der Waals surface area contributed by atoms with Gasteiger partial charge < -0.3 is 10.1 Å². The smallest absolute Gasteiger partial charge is 0.0477 e. The Labute approximate surface area is 43.9 Å². The minimum Gasteiger partial charge on any atom is -0.385 e. The number of nitrogens with one attached hydrogen (secondary N) is 1. The topological polar surface area (TPSA) is 31.2 Å². The van der Waals surface area contributed by atoms with Crippen LogP contribution in [0, 0.1) is 0 Å². The van der Waals surface area contributed by atoms with Gasteiger partial charge in [0.25, 0.3) is 0 Å². The van der Waals surface area contributed by atoms with Crippen molar-refractivity contribution in [1.82, 2.24) is 5.32 Å². The molecule has 42 valence electrons. The van der Waals surface area contributed by atoms with Gasteiger partial charge in [0.15, 0.2) is 0 Å². The van der Waals surface area contributed by atoms with E-state index in [1.807, 2.05) is 0 Å². The van der Waals surface area contributed by atoms with E-state index in [-0.39, 0.29) is 0 Å². The third-order valence-electron chi connectivity index (χ3n) is 1.16. The van der Waals surface area contributed by atoms with E-state index < -0.39 is 0 Å². The highest BCUT2D eigenvalue weighted by atomic mass is 16.5. The Kier molecular flexibility index (Phi) is 1.65. The average Bonchev–Trinajstić information content (AvgIpc) is 2.42. The molecule has 1 atom stereocenters. The maximum atomic E-state index is 4.85. The van der Waals surface area contributed by atoms with E-state index >= 15 is 0 Å². The Bertz CT molecular complexity index is 52.0. The summed E-state index contributed by atoms with van der Waals surface area (Å²) in [6.07, 6.45) is 1.18. The molecule has 0 aromatic carbocycles. The van der Waals surface area contributed by atoms with E-state index in [0.29, 0.717) is 0 Å². The summed E-state index contributed by atoms with van der Waals surface area (Å²) >= 11 is 0. The summed E-state index contributed by atoms with van der Waals surface area (Å²) in [6, 6.07) is 0.778. The molecule has 0 aromatic rings. The van der Waals surface area contributed by atoms with E-state index in [0.717, 1.165) is 12.6 Å². The summed E-state index contributed by atoms with van der Waals surface area (Å²) in [5, 5.41) is 3.19. The molecule has 0 saturated carbocycles. The number of hydrogen-bond acceptors (Lipinski definition) is 2. The number of ether oxygens (including phenoxy) is 1. The van der Waals surface area contributed by atoms with Gasteiger partial charge in [-0.05, 0) is 6.42 Å². The van der Waals surface area contributed by atoms with E-state index in [4.69, 9.17) is 4.74 Å². The second kappa shape index (κ2) is 2.28. The fraction of sp³-hybridized carbons (Fsp3) is 1.00. The average molecular weight is 101 g/mol. The summed E-state index contributed by atoms with van der Waals surface area (Å²) in [5.74, 6) is 0. The molecular formula is C5H11NO. The molecule has 1 aliphatic heterocycles. The van der Waals surface area contributed by atoms with Gasteiger partial charge in [-0.15, -0.1) is 0 Å². The van der Waals surface area contributed by atoms with Crippen molar-refractivity contribution >= 4 is 0 Å². The highest BCUT2D eigenvalue weighted by molar-refractivity contribution is 4.82. The molecule has 7 heavy (non-hydrogen) atoms. The highest BCUT2D eigenvalue weighted by Crippen LogP contribution is 2.00. The zero-order valence-electron chi connectivity index (χ0n) is 4.61. The first-order valence-corrected chi connectivity index (χ1v) is 2.66. The quantitative estimate of drug-likeness (QED) is 0.507. The molecular weight excluding hydrogens is 90.1 g/mol. The largest absolute Gasteiger partial charge is 0.385 e. The first-order chi connectivity index (χ1) is 3.43. The van der Waals surface area contributed by atoms with Crippen molar-refractivity contribution in [2.45, 2.75) is 12.5 Å². The van der Waals surface area contributed by atoms with Gasteiger partial charge in [0.1, 0.15) is 0 Å². The highest BCUT2D eigenvalue weighted by Gasteiger charge is 2.18. The van der Waals surface area contributed by atoms with Crippen LogP contribution >= 0.6 is 0 Å². The predicted octanol–water partition coefficient (Wildman–Crippen LogP) is -0.00530. The lowest BCUT2D eigenvalue weighted by Gasteiger charge is -1.90. The molecule has 0 bridgehead atoms. The summed E-state index contributed by atoms with van der Waals surface area (Å²) in [4.78, 5) is 0. The maximum absolute atomic E-state index is 4.85. The van der Waals surface area contributed by atoms with Crippen LogP contribution in [-0.4, -0.2) is 26.3 Å². The third-order valence-corrected chi connectivity index (χ3v) is 1.16. The van der Waals surface area contributed by atoms with Crippen LogP contribution < -0.4 is 5.32 Å². The molecule has 2 nitrogen and oxygen atoms in total. The molecule has 1 N–H and O–H groups in total. The molecule has 0 amide bonds. The van der Waals surface area contributed by atoms with Gasteiger partial charge >= 0.3 is 0 Å². The predicted molar refractivity (Wildman–Crippen MR) is 28.3 cm³/mol. The first kappa shape index (κ1) is 5.06. The molecule has 1 rings (SSSR count). The van der Waals surface area contributed by atoms with E-state index in [9.17, 15) is 0 Å². The molecule has 1 saturated heterocycles. The summed E-state index contributed by atoms with van der Waals surface area (Å²) in [5.41, 5.74) is 0. The fourth-order valence-electron chi connectivity index (χ4n) is 0.548. The lowest BCUT2D eigenvalue weighted by molar-refractivity contribution is 0.195. The van der Waals surface area contributed by atoms with Crippen LogP contribution in [0.5, 0.6) is 0 Å². The SMILES string of the molecule is COCCC1CN1. The van der Waals surface area contributed by atoms with Crippen LogP contribution in [-0.2, 0) is 4.74 Å². The number of rotatable bonds is 3. The van der Waals surface area contributed by atoms with Crippen LogP contribution in [0.1, 0.15) is 6.42 Å². The second-order valence-electron chi connectivity index (χ2n) is 1.89. The Morgan fingerprint density at radius 1 is 1.86 bits per heavy atom. The number of methoxy groups -OCH3 is 1. The van der Waals surface area contributed by atoms with Crippen LogP contribution in [0.15, 0.2) is 0 Å². The normalized spacial score (nSPS) is 27.9. The van der Waals surface area contributed by atoms with Crippen LogP contribution in [0.25, 0.3) is 0 Å². The molecule has 2 heteroatoms. The van der Waals surface area contributed by atoms with Crippen LogP contribution in [0.2, 0.25) is 0 Å². The van der Waals surface area contributed by atoms with Gasteiger partial charge in [-0.25, -0.2) is 0 Å². The molecule has 0 spiro atoms. The Balaban J connectivity index is 1.80. The van der Waals surface area contributed by atoms with Crippen molar-refractivity contribution in [2.24, 2.45) is 0 Å². The molecule has 1 heterocycles. The summed E-state index contributed by atoms with van der Waals surface area (Å²) in [7, 11) is 1.74. The van der Waals surface area contributed by atoms with Crippen LogP contribution in [0.4, 0.5) is 0 Å². The van der Waals surface area contributed by atoms with Crippen molar-refractivity contribution in [3.8, 4) is 0 Å². The van der Waals surface area contributed by atoms with E-state index in [1.54, 1.807) is 7.11 Å². The monoisotopic (exact) mass is 101 g/mol. The Hall–Kier alpha value is -0.0800. The summed E-state index contributed by atoms with van der Waals surface area (Å²) < 4.78 is 4.85. The van der Waals surface area contributed by atoms with Crippen molar-refractivity contribution in [3.05, 3.63) is 0 Å².